The Kier molecular flexibility index (Phi) is 6.69. The SMILES string of the molecule is O=c1sc2cc(S(=O)(=O)Nc3ccc(S(=O)(=O)N4CCCC4)cc3)ccc2n1Cc1ccccc1Cl. The normalized spacial score (nSPS) is 14.9. The van der Waals surface area contributed by atoms with Gasteiger partial charge in [-0.1, -0.05) is 41.1 Å². The summed E-state index contributed by atoms with van der Waals surface area (Å²) in [6, 6.07) is 17.4. The first-order valence-electron chi connectivity index (χ1n) is 11.1. The lowest BCUT2D eigenvalue weighted by atomic mass is 10.2. The van der Waals surface area contributed by atoms with Gasteiger partial charge in [-0.3, -0.25) is 14.1 Å². The molecule has 0 atom stereocenters. The average molecular weight is 564 g/mol. The molecule has 36 heavy (non-hydrogen) atoms. The molecule has 1 aliphatic rings. The number of halogens is 1. The number of thiazole rings is 1. The number of aromatic nitrogens is 1. The Hall–Kier alpha value is -2.70. The van der Waals surface area contributed by atoms with Crippen LogP contribution < -0.4 is 9.60 Å². The molecule has 8 nitrogen and oxygen atoms in total. The molecule has 0 bridgehead atoms. The van der Waals surface area contributed by atoms with Crippen molar-refractivity contribution in [3.63, 3.8) is 0 Å². The maximum Gasteiger partial charge on any atom is 0.308 e. The summed E-state index contributed by atoms with van der Waals surface area (Å²) in [6.45, 7) is 1.26. The molecular formula is C24H22ClN3O5S3. The molecule has 0 radical (unpaired) electrons. The topological polar surface area (TPSA) is 106 Å². The average Bonchev–Trinajstić information content (AvgIpc) is 3.49. The third kappa shape index (κ3) is 4.81. The van der Waals surface area contributed by atoms with Crippen LogP contribution >= 0.6 is 22.9 Å². The van der Waals surface area contributed by atoms with Crippen molar-refractivity contribution in [2.75, 3.05) is 17.8 Å². The molecule has 1 saturated heterocycles. The number of sulfonamides is 2. The second-order valence-electron chi connectivity index (χ2n) is 8.42. The molecule has 3 aromatic carbocycles. The quantitative estimate of drug-likeness (QED) is 0.360. The van der Waals surface area contributed by atoms with E-state index in [0.29, 0.717) is 28.3 Å². The summed E-state index contributed by atoms with van der Waals surface area (Å²) in [6.07, 6.45) is 1.67. The molecule has 0 saturated carbocycles. The fourth-order valence-electron chi connectivity index (χ4n) is 4.15. The van der Waals surface area contributed by atoms with Crippen molar-refractivity contribution in [1.82, 2.24) is 8.87 Å². The highest BCUT2D eigenvalue weighted by atomic mass is 35.5. The van der Waals surface area contributed by atoms with Crippen molar-refractivity contribution >= 4 is 58.9 Å². The Morgan fingerprint density at radius 3 is 2.25 bits per heavy atom. The van der Waals surface area contributed by atoms with E-state index in [1.54, 1.807) is 16.7 Å². The second kappa shape index (κ2) is 9.64. The van der Waals surface area contributed by atoms with Crippen LogP contribution in [0.1, 0.15) is 18.4 Å². The zero-order valence-corrected chi connectivity index (χ0v) is 22.1. The summed E-state index contributed by atoms with van der Waals surface area (Å²) >= 11 is 7.20. The van der Waals surface area contributed by atoms with Gasteiger partial charge in [-0.05, 0) is 66.9 Å². The third-order valence-electron chi connectivity index (χ3n) is 6.05. The summed E-state index contributed by atoms with van der Waals surface area (Å²) in [5, 5.41) is 0.548. The van der Waals surface area contributed by atoms with Crippen LogP contribution in [0.5, 0.6) is 0 Å². The first kappa shape index (κ1) is 25.0. The van der Waals surface area contributed by atoms with Crippen LogP contribution in [-0.4, -0.2) is 38.8 Å². The van der Waals surface area contributed by atoms with Gasteiger partial charge in [-0.25, -0.2) is 16.8 Å². The molecule has 12 heteroatoms. The minimum atomic E-state index is -3.97. The fraction of sp³-hybridized carbons (Fsp3) is 0.208. The van der Waals surface area contributed by atoms with E-state index in [1.165, 1.54) is 40.7 Å². The van der Waals surface area contributed by atoms with Crippen molar-refractivity contribution in [3.05, 3.63) is 87.0 Å². The number of hydrogen-bond acceptors (Lipinski definition) is 6. The van der Waals surface area contributed by atoms with Crippen LogP contribution in [0.25, 0.3) is 10.2 Å². The van der Waals surface area contributed by atoms with E-state index in [0.717, 1.165) is 29.7 Å². The number of nitrogens with zero attached hydrogens (tertiary/aromatic N) is 2. The maximum absolute atomic E-state index is 13.0. The van der Waals surface area contributed by atoms with Gasteiger partial charge in [-0.2, -0.15) is 4.31 Å². The Morgan fingerprint density at radius 2 is 1.56 bits per heavy atom. The maximum atomic E-state index is 13.0. The molecule has 188 valence electrons. The molecule has 1 aliphatic heterocycles. The molecule has 0 aliphatic carbocycles. The van der Waals surface area contributed by atoms with E-state index in [9.17, 15) is 21.6 Å². The first-order valence-corrected chi connectivity index (χ1v) is 15.3. The van der Waals surface area contributed by atoms with E-state index < -0.39 is 20.0 Å². The van der Waals surface area contributed by atoms with Crippen molar-refractivity contribution in [3.8, 4) is 0 Å². The van der Waals surface area contributed by atoms with E-state index in [1.807, 2.05) is 18.2 Å². The van der Waals surface area contributed by atoms with Gasteiger partial charge in [0.25, 0.3) is 10.0 Å². The first-order chi connectivity index (χ1) is 17.1. The highest BCUT2D eigenvalue weighted by molar-refractivity contribution is 7.92. The van der Waals surface area contributed by atoms with Crippen LogP contribution in [0.3, 0.4) is 0 Å². The summed E-state index contributed by atoms with van der Waals surface area (Å²) in [5.74, 6) is 0. The van der Waals surface area contributed by atoms with E-state index in [4.69, 9.17) is 11.6 Å². The van der Waals surface area contributed by atoms with Gasteiger partial charge in [0.2, 0.25) is 10.0 Å². The molecule has 0 spiro atoms. The van der Waals surface area contributed by atoms with E-state index >= 15 is 0 Å². The molecule has 1 N–H and O–H groups in total. The molecule has 1 aromatic heterocycles. The fourth-order valence-corrected chi connectivity index (χ4v) is 7.95. The van der Waals surface area contributed by atoms with Crippen LogP contribution in [0.4, 0.5) is 5.69 Å². The van der Waals surface area contributed by atoms with Gasteiger partial charge in [0, 0.05) is 23.8 Å². The Morgan fingerprint density at radius 1 is 0.889 bits per heavy atom. The number of nitrogens with one attached hydrogen (secondary N) is 1. The lowest BCUT2D eigenvalue weighted by Gasteiger charge is -2.16. The molecule has 1 fully saturated rings. The predicted molar refractivity (Wildman–Crippen MR) is 142 cm³/mol. The smallest absolute Gasteiger partial charge is 0.294 e. The molecule has 5 rings (SSSR count). The van der Waals surface area contributed by atoms with Crippen molar-refractivity contribution < 1.29 is 16.8 Å². The highest BCUT2D eigenvalue weighted by Gasteiger charge is 2.27. The van der Waals surface area contributed by atoms with Crippen LogP contribution in [0.15, 0.2) is 81.3 Å². The van der Waals surface area contributed by atoms with E-state index in [-0.39, 0.29) is 26.9 Å². The van der Waals surface area contributed by atoms with Crippen molar-refractivity contribution in [2.24, 2.45) is 0 Å². The van der Waals surface area contributed by atoms with Gasteiger partial charge < -0.3 is 0 Å². The number of rotatable bonds is 7. The Bertz CT molecular complexity index is 1710. The van der Waals surface area contributed by atoms with Crippen LogP contribution in [0, 0.1) is 0 Å². The number of fused-ring (bicyclic) bond motifs is 1. The zero-order valence-electron chi connectivity index (χ0n) is 18.9. The van der Waals surface area contributed by atoms with Crippen molar-refractivity contribution in [2.45, 2.75) is 29.2 Å². The third-order valence-corrected chi connectivity index (χ3v) is 10.6. The van der Waals surface area contributed by atoms with E-state index in [2.05, 4.69) is 4.72 Å². The minimum Gasteiger partial charge on any atom is -0.294 e. The molecular weight excluding hydrogens is 542 g/mol. The second-order valence-corrected chi connectivity index (χ2v) is 13.4. The lowest BCUT2D eigenvalue weighted by Crippen LogP contribution is -2.27. The highest BCUT2D eigenvalue weighted by Crippen LogP contribution is 2.27. The summed E-state index contributed by atoms with van der Waals surface area (Å²) in [7, 11) is -7.56. The van der Waals surface area contributed by atoms with Gasteiger partial charge in [0.05, 0.1) is 26.6 Å². The van der Waals surface area contributed by atoms with Crippen molar-refractivity contribution in [1.29, 1.82) is 0 Å². The number of benzene rings is 3. The molecule has 2 heterocycles. The van der Waals surface area contributed by atoms with Gasteiger partial charge in [-0.15, -0.1) is 0 Å². The Labute approximate surface area is 217 Å². The predicted octanol–water partition coefficient (Wildman–Crippen LogP) is 4.35. The van der Waals surface area contributed by atoms with Gasteiger partial charge in [0.1, 0.15) is 0 Å². The summed E-state index contributed by atoms with van der Waals surface area (Å²) in [5.41, 5.74) is 1.63. The van der Waals surface area contributed by atoms with Gasteiger partial charge >= 0.3 is 4.87 Å². The number of anilines is 1. The monoisotopic (exact) mass is 563 g/mol. The zero-order chi connectivity index (χ0) is 25.5. The summed E-state index contributed by atoms with van der Waals surface area (Å²) < 4.78 is 57.5. The largest absolute Gasteiger partial charge is 0.308 e. The van der Waals surface area contributed by atoms with Crippen LogP contribution in [-0.2, 0) is 26.6 Å². The standard InChI is InChI=1S/C24H22ClN3O5S3/c25-21-6-2-1-5-17(21)16-28-22-12-11-20(15-23(22)34-24(28)29)35(30,31)26-18-7-9-19(10-8-18)36(32,33)27-13-3-4-14-27/h1-2,5-12,15,26H,3-4,13-14,16H2. The molecule has 0 unspecified atom stereocenters. The minimum absolute atomic E-state index is 0.00471. The summed E-state index contributed by atoms with van der Waals surface area (Å²) in [4.78, 5) is 12.5. The number of hydrogen-bond donors (Lipinski definition) is 1. The van der Waals surface area contributed by atoms with Gasteiger partial charge in [0.15, 0.2) is 0 Å². The Balaban J connectivity index is 1.39. The molecule has 4 aromatic rings. The lowest BCUT2D eigenvalue weighted by molar-refractivity contribution is 0.477. The van der Waals surface area contributed by atoms with Crippen LogP contribution in [0.2, 0.25) is 5.02 Å². The molecule has 0 amide bonds.